The van der Waals surface area contributed by atoms with Gasteiger partial charge in [0, 0.05) is 10.5 Å². The Morgan fingerprint density at radius 3 is 2.50 bits per heavy atom. The van der Waals surface area contributed by atoms with E-state index in [1.165, 1.54) is 0 Å². The number of benzene rings is 1. The number of aromatic amines is 1. The molecule has 0 aliphatic heterocycles. The van der Waals surface area contributed by atoms with Crippen molar-refractivity contribution < 1.29 is 4.79 Å². The molecule has 1 aromatic heterocycles. The summed E-state index contributed by atoms with van der Waals surface area (Å²) in [7, 11) is 0. The van der Waals surface area contributed by atoms with Crippen LogP contribution in [0, 0.1) is 6.92 Å². The Kier molecular flexibility index (Phi) is 3.10. The summed E-state index contributed by atoms with van der Waals surface area (Å²) in [6.07, 6.45) is 3.58. The van der Waals surface area contributed by atoms with Crippen LogP contribution in [-0.2, 0) is 0 Å². The third-order valence-electron chi connectivity index (χ3n) is 2.30. The summed E-state index contributed by atoms with van der Waals surface area (Å²) in [6, 6.07) is 7.57. The number of carbonyl (C=O) groups is 1. The highest BCUT2D eigenvalue weighted by Gasteiger charge is 2.10. The zero-order valence-corrected chi connectivity index (χ0v) is 9.97. The molecule has 0 atom stereocenters. The lowest BCUT2D eigenvalue weighted by Crippen LogP contribution is -2.01. The van der Waals surface area contributed by atoms with Crippen LogP contribution in [0.3, 0.4) is 0 Å². The smallest absolute Gasteiger partial charge is 0.210 e. The minimum Gasteiger partial charge on any atom is -0.340 e. The van der Waals surface area contributed by atoms with Crippen LogP contribution in [0.1, 0.15) is 21.9 Å². The van der Waals surface area contributed by atoms with E-state index in [9.17, 15) is 4.79 Å². The molecule has 0 saturated heterocycles. The van der Waals surface area contributed by atoms with E-state index in [2.05, 4.69) is 9.97 Å². The highest BCUT2D eigenvalue weighted by atomic mass is 32.2. The SMILES string of the molecule is CSc1ccc(C(=O)c2cnc(C)[nH]2)cc1. The quantitative estimate of drug-likeness (QED) is 0.653. The molecule has 0 unspecified atom stereocenters. The molecule has 3 nitrogen and oxygen atoms in total. The molecule has 16 heavy (non-hydrogen) atoms. The van der Waals surface area contributed by atoms with Crippen molar-refractivity contribution in [2.24, 2.45) is 0 Å². The molecule has 0 bridgehead atoms. The number of nitrogens with zero attached hydrogens (tertiary/aromatic N) is 1. The van der Waals surface area contributed by atoms with E-state index in [4.69, 9.17) is 0 Å². The minimum atomic E-state index is -0.0201. The molecule has 2 aromatic rings. The van der Waals surface area contributed by atoms with Gasteiger partial charge in [0.2, 0.25) is 5.78 Å². The molecular formula is C12H12N2OS. The number of aromatic nitrogens is 2. The van der Waals surface area contributed by atoms with Crippen molar-refractivity contribution in [2.45, 2.75) is 11.8 Å². The third kappa shape index (κ3) is 2.17. The van der Waals surface area contributed by atoms with Crippen LogP contribution in [0.15, 0.2) is 35.4 Å². The van der Waals surface area contributed by atoms with Crippen LogP contribution in [-0.4, -0.2) is 22.0 Å². The zero-order chi connectivity index (χ0) is 11.5. The number of nitrogens with one attached hydrogen (secondary N) is 1. The van der Waals surface area contributed by atoms with Gasteiger partial charge in [0.25, 0.3) is 0 Å². The van der Waals surface area contributed by atoms with Crippen LogP contribution in [0.25, 0.3) is 0 Å². The second-order valence-electron chi connectivity index (χ2n) is 3.44. The topological polar surface area (TPSA) is 45.8 Å². The van der Waals surface area contributed by atoms with Crippen molar-refractivity contribution >= 4 is 17.5 Å². The summed E-state index contributed by atoms with van der Waals surface area (Å²) in [5.74, 6) is 0.734. The lowest BCUT2D eigenvalue weighted by Gasteiger charge is -1.99. The highest BCUT2D eigenvalue weighted by molar-refractivity contribution is 7.98. The molecule has 0 amide bonds. The largest absolute Gasteiger partial charge is 0.340 e. The first-order valence-electron chi connectivity index (χ1n) is 4.91. The van der Waals surface area contributed by atoms with Crippen molar-refractivity contribution in [1.29, 1.82) is 0 Å². The first kappa shape index (κ1) is 11.0. The molecule has 0 fully saturated rings. The maximum absolute atomic E-state index is 12.0. The summed E-state index contributed by atoms with van der Waals surface area (Å²) in [5.41, 5.74) is 1.22. The van der Waals surface area contributed by atoms with E-state index in [-0.39, 0.29) is 5.78 Å². The Balaban J connectivity index is 2.27. The normalized spacial score (nSPS) is 10.4. The molecule has 1 heterocycles. The molecule has 0 saturated carbocycles. The first-order chi connectivity index (χ1) is 7.70. The van der Waals surface area contributed by atoms with Crippen molar-refractivity contribution in [3.05, 3.63) is 47.5 Å². The highest BCUT2D eigenvalue weighted by Crippen LogP contribution is 2.16. The van der Waals surface area contributed by atoms with Crippen LogP contribution in [0.5, 0.6) is 0 Å². The Labute approximate surface area is 98.3 Å². The van der Waals surface area contributed by atoms with Gasteiger partial charge in [-0.05, 0) is 37.4 Å². The van der Waals surface area contributed by atoms with Crippen LogP contribution in [0.4, 0.5) is 0 Å². The van der Waals surface area contributed by atoms with Gasteiger partial charge in [0.1, 0.15) is 11.5 Å². The van der Waals surface area contributed by atoms with Crippen molar-refractivity contribution in [1.82, 2.24) is 9.97 Å². The van der Waals surface area contributed by atoms with Crippen LogP contribution < -0.4 is 0 Å². The van der Waals surface area contributed by atoms with E-state index in [1.807, 2.05) is 37.4 Å². The standard InChI is InChI=1S/C12H12N2OS/c1-8-13-7-11(14-8)12(15)9-3-5-10(16-2)6-4-9/h3-7H,1-2H3,(H,13,14). The third-order valence-corrected chi connectivity index (χ3v) is 3.04. The van der Waals surface area contributed by atoms with Gasteiger partial charge in [-0.15, -0.1) is 11.8 Å². The van der Waals surface area contributed by atoms with E-state index in [1.54, 1.807) is 18.0 Å². The van der Waals surface area contributed by atoms with Gasteiger partial charge in [-0.2, -0.15) is 0 Å². The molecule has 1 aromatic carbocycles. The Morgan fingerprint density at radius 2 is 2.00 bits per heavy atom. The summed E-state index contributed by atoms with van der Waals surface area (Å²) < 4.78 is 0. The van der Waals surface area contributed by atoms with Crippen LogP contribution >= 0.6 is 11.8 Å². The van der Waals surface area contributed by atoms with Gasteiger partial charge in [-0.1, -0.05) is 0 Å². The summed E-state index contributed by atoms with van der Waals surface area (Å²) >= 11 is 1.66. The Morgan fingerprint density at radius 1 is 1.31 bits per heavy atom. The first-order valence-corrected chi connectivity index (χ1v) is 6.13. The number of ketones is 1. The maximum Gasteiger partial charge on any atom is 0.210 e. The molecule has 2 rings (SSSR count). The number of rotatable bonds is 3. The molecule has 0 aliphatic carbocycles. The van der Waals surface area contributed by atoms with Crippen molar-refractivity contribution in [3.63, 3.8) is 0 Å². The van der Waals surface area contributed by atoms with Gasteiger partial charge in [-0.25, -0.2) is 4.98 Å². The second kappa shape index (κ2) is 4.53. The predicted octanol–water partition coefficient (Wildman–Crippen LogP) is 2.67. The van der Waals surface area contributed by atoms with Crippen molar-refractivity contribution in [2.75, 3.05) is 6.26 Å². The molecule has 0 spiro atoms. The minimum absolute atomic E-state index is 0.0201. The number of hydrogen-bond acceptors (Lipinski definition) is 3. The van der Waals surface area contributed by atoms with Crippen molar-refractivity contribution in [3.8, 4) is 0 Å². The number of aryl methyl sites for hydroxylation is 1. The average Bonchev–Trinajstić information content (AvgIpc) is 2.75. The fourth-order valence-corrected chi connectivity index (χ4v) is 1.84. The van der Waals surface area contributed by atoms with E-state index in [0.717, 1.165) is 10.7 Å². The number of imidazole rings is 1. The lowest BCUT2D eigenvalue weighted by atomic mass is 10.1. The average molecular weight is 232 g/mol. The molecule has 4 heteroatoms. The van der Waals surface area contributed by atoms with Gasteiger partial charge >= 0.3 is 0 Å². The van der Waals surface area contributed by atoms with Gasteiger partial charge < -0.3 is 4.98 Å². The van der Waals surface area contributed by atoms with E-state index < -0.39 is 0 Å². The zero-order valence-electron chi connectivity index (χ0n) is 9.15. The van der Waals surface area contributed by atoms with Crippen LogP contribution in [0.2, 0.25) is 0 Å². The van der Waals surface area contributed by atoms with Gasteiger partial charge in [0.15, 0.2) is 0 Å². The monoisotopic (exact) mass is 232 g/mol. The summed E-state index contributed by atoms with van der Waals surface area (Å²) in [5, 5.41) is 0. The maximum atomic E-state index is 12.0. The number of H-pyrrole nitrogens is 1. The molecule has 1 N–H and O–H groups in total. The fourth-order valence-electron chi connectivity index (χ4n) is 1.43. The number of carbonyl (C=O) groups excluding carboxylic acids is 1. The molecule has 82 valence electrons. The predicted molar refractivity (Wildman–Crippen MR) is 65.0 cm³/mol. The lowest BCUT2D eigenvalue weighted by molar-refractivity contribution is 0.103. The Hall–Kier alpha value is -1.55. The molecular weight excluding hydrogens is 220 g/mol. The van der Waals surface area contributed by atoms with E-state index >= 15 is 0 Å². The van der Waals surface area contributed by atoms with E-state index in [0.29, 0.717) is 11.3 Å². The summed E-state index contributed by atoms with van der Waals surface area (Å²) in [6.45, 7) is 1.83. The molecule has 0 radical (unpaired) electrons. The number of thioether (sulfide) groups is 1. The molecule has 0 aliphatic rings. The summed E-state index contributed by atoms with van der Waals surface area (Å²) in [4.78, 5) is 20.1. The number of hydrogen-bond donors (Lipinski definition) is 1. The second-order valence-corrected chi connectivity index (χ2v) is 4.32. The van der Waals surface area contributed by atoms with Gasteiger partial charge in [0.05, 0.1) is 6.20 Å². The van der Waals surface area contributed by atoms with Gasteiger partial charge in [-0.3, -0.25) is 4.79 Å². The Bertz CT molecular complexity index is 502. The fraction of sp³-hybridized carbons (Fsp3) is 0.167.